The van der Waals surface area contributed by atoms with Crippen LogP contribution in [0, 0.1) is 35.3 Å². The van der Waals surface area contributed by atoms with Crippen LogP contribution in [0.5, 0.6) is 0 Å². The lowest BCUT2D eigenvalue weighted by Crippen LogP contribution is -2.43. The minimum atomic E-state index is -4.16. The molecular formula is C28H37F5N2O2. The van der Waals surface area contributed by atoms with Crippen LogP contribution in [0.4, 0.5) is 22.0 Å². The molecule has 1 aromatic carbocycles. The molecule has 4 nitrogen and oxygen atoms in total. The van der Waals surface area contributed by atoms with Gasteiger partial charge in [0.05, 0.1) is 11.5 Å². The standard InChI is InChI=1S/C28H37F5N2O2/c29-22-7-10-24(25(30)17-22)26(36)19-12-15-35(16-13-19)14-11-18-1-8-23(9-2-18)34-27(37)20-3-5-21(6-4-20)28(31,32)33/h7,10,17-21,23H,1-6,8-9,11-16H2,(H,34,37)/t18?,20-,21-,23?. The van der Waals surface area contributed by atoms with E-state index in [0.717, 1.165) is 63.9 Å². The van der Waals surface area contributed by atoms with Crippen LogP contribution >= 0.6 is 0 Å². The lowest BCUT2D eigenvalue weighted by Gasteiger charge is -2.35. The Morgan fingerprint density at radius 3 is 2.11 bits per heavy atom. The van der Waals surface area contributed by atoms with Crippen molar-refractivity contribution in [2.24, 2.45) is 23.7 Å². The molecule has 2 aliphatic carbocycles. The van der Waals surface area contributed by atoms with Crippen molar-refractivity contribution in [3.63, 3.8) is 0 Å². The Kier molecular flexibility index (Phi) is 9.24. The molecule has 3 aliphatic rings. The highest BCUT2D eigenvalue weighted by Gasteiger charge is 2.42. The highest BCUT2D eigenvalue weighted by molar-refractivity contribution is 5.98. The fourth-order valence-electron chi connectivity index (χ4n) is 6.29. The molecule has 206 valence electrons. The maximum absolute atomic E-state index is 14.0. The normalized spacial score (nSPS) is 28.1. The van der Waals surface area contributed by atoms with E-state index in [0.29, 0.717) is 31.6 Å². The molecule has 1 saturated heterocycles. The number of carbonyl (C=O) groups is 2. The second kappa shape index (κ2) is 12.2. The Morgan fingerprint density at radius 2 is 1.51 bits per heavy atom. The number of halogens is 5. The van der Waals surface area contributed by atoms with Gasteiger partial charge in [-0.05, 0) is 108 Å². The molecule has 0 atom stereocenters. The van der Waals surface area contributed by atoms with Crippen molar-refractivity contribution in [1.29, 1.82) is 0 Å². The number of rotatable bonds is 7. The lowest BCUT2D eigenvalue weighted by atomic mass is 9.80. The van der Waals surface area contributed by atoms with E-state index in [2.05, 4.69) is 10.2 Å². The number of piperidine rings is 1. The summed E-state index contributed by atoms with van der Waals surface area (Å²) in [7, 11) is 0. The van der Waals surface area contributed by atoms with Gasteiger partial charge in [-0.1, -0.05) is 0 Å². The predicted molar refractivity (Wildman–Crippen MR) is 130 cm³/mol. The smallest absolute Gasteiger partial charge is 0.353 e. The molecular weight excluding hydrogens is 491 g/mol. The van der Waals surface area contributed by atoms with Crippen molar-refractivity contribution in [2.45, 2.75) is 82.8 Å². The molecule has 37 heavy (non-hydrogen) atoms. The van der Waals surface area contributed by atoms with Gasteiger partial charge in [-0.15, -0.1) is 0 Å². The van der Waals surface area contributed by atoms with E-state index >= 15 is 0 Å². The van der Waals surface area contributed by atoms with Crippen molar-refractivity contribution in [3.05, 3.63) is 35.4 Å². The Morgan fingerprint density at radius 1 is 0.865 bits per heavy atom. The fourth-order valence-corrected chi connectivity index (χ4v) is 6.29. The maximum Gasteiger partial charge on any atom is 0.391 e. The third kappa shape index (κ3) is 7.52. The third-order valence-corrected chi connectivity index (χ3v) is 8.76. The largest absolute Gasteiger partial charge is 0.391 e. The van der Waals surface area contributed by atoms with Crippen molar-refractivity contribution < 1.29 is 31.5 Å². The van der Waals surface area contributed by atoms with Crippen LogP contribution in [0.25, 0.3) is 0 Å². The number of hydrogen-bond donors (Lipinski definition) is 1. The van der Waals surface area contributed by atoms with E-state index in [1.165, 1.54) is 6.07 Å². The molecule has 3 fully saturated rings. The van der Waals surface area contributed by atoms with Gasteiger partial charge in [0.2, 0.25) is 5.91 Å². The molecule has 1 heterocycles. The molecule has 0 bridgehead atoms. The number of ketones is 1. The van der Waals surface area contributed by atoms with Crippen LogP contribution in [0.1, 0.15) is 81.0 Å². The van der Waals surface area contributed by atoms with Gasteiger partial charge in [-0.3, -0.25) is 9.59 Å². The Hall–Kier alpha value is -2.03. The molecule has 2 saturated carbocycles. The number of likely N-dealkylation sites (tertiary alicyclic amines) is 1. The molecule has 9 heteroatoms. The average Bonchev–Trinajstić information content (AvgIpc) is 2.88. The quantitative estimate of drug-likeness (QED) is 0.334. The van der Waals surface area contributed by atoms with E-state index in [1.54, 1.807) is 0 Å². The molecule has 4 rings (SSSR count). The molecule has 0 spiro atoms. The molecule has 1 aliphatic heterocycles. The first kappa shape index (κ1) is 28.0. The van der Waals surface area contributed by atoms with Crippen LogP contribution in [0.15, 0.2) is 18.2 Å². The summed E-state index contributed by atoms with van der Waals surface area (Å²) in [6.45, 7) is 2.50. The van der Waals surface area contributed by atoms with Crippen LogP contribution in [-0.2, 0) is 4.79 Å². The zero-order valence-corrected chi connectivity index (χ0v) is 21.2. The maximum atomic E-state index is 14.0. The fraction of sp³-hybridized carbons (Fsp3) is 0.714. The molecule has 1 N–H and O–H groups in total. The number of alkyl halides is 3. The summed E-state index contributed by atoms with van der Waals surface area (Å²) in [5, 5.41) is 3.09. The topological polar surface area (TPSA) is 49.4 Å². The summed E-state index contributed by atoms with van der Waals surface area (Å²) in [6, 6.07) is 3.22. The van der Waals surface area contributed by atoms with Crippen molar-refractivity contribution in [1.82, 2.24) is 10.2 Å². The summed E-state index contributed by atoms with van der Waals surface area (Å²) in [4.78, 5) is 27.6. The van der Waals surface area contributed by atoms with Gasteiger partial charge in [-0.2, -0.15) is 13.2 Å². The van der Waals surface area contributed by atoms with E-state index in [4.69, 9.17) is 0 Å². The third-order valence-electron chi connectivity index (χ3n) is 8.76. The summed E-state index contributed by atoms with van der Waals surface area (Å²) >= 11 is 0. The SMILES string of the molecule is O=C(c1ccc(F)cc1F)C1CCN(CCC2CCC(NC(=O)[C@H]3CC[C@H](C(F)(F)F)CC3)CC2)CC1. The summed E-state index contributed by atoms with van der Waals surface area (Å²) < 4.78 is 65.7. The van der Waals surface area contributed by atoms with Crippen molar-refractivity contribution in [3.8, 4) is 0 Å². The highest BCUT2D eigenvalue weighted by atomic mass is 19.4. The summed E-state index contributed by atoms with van der Waals surface area (Å²) in [6.07, 6.45) is 2.77. The number of carbonyl (C=O) groups excluding carboxylic acids is 2. The molecule has 0 radical (unpaired) electrons. The molecule has 1 aromatic rings. The lowest BCUT2D eigenvalue weighted by molar-refractivity contribution is -0.184. The van der Waals surface area contributed by atoms with Gasteiger partial charge < -0.3 is 10.2 Å². The van der Waals surface area contributed by atoms with E-state index in [9.17, 15) is 31.5 Å². The second-order valence-corrected chi connectivity index (χ2v) is 11.2. The van der Waals surface area contributed by atoms with Crippen LogP contribution in [0.2, 0.25) is 0 Å². The van der Waals surface area contributed by atoms with Gasteiger partial charge in [0.25, 0.3) is 0 Å². The van der Waals surface area contributed by atoms with Crippen LogP contribution < -0.4 is 5.32 Å². The first-order chi connectivity index (χ1) is 17.6. The van der Waals surface area contributed by atoms with Gasteiger partial charge in [0.15, 0.2) is 5.78 Å². The number of benzene rings is 1. The van der Waals surface area contributed by atoms with E-state index in [1.807, 2.05) is 0 Å². The number of nitrogens with zero attached hydrogens (tertiary/aromatic N) is 1. The first-order valence-corrected chi connectivity index (χ1v) is 13.7. The summed E-state index contributed by atoms with van der Waals surface area (Å²) in [5.74, 6) is -3.04. The van der Waals surface area contributed by atoms with Crippen molar-refractivity contribution >= 4 is 11.7 Å². The minimum Gasteiger partial charge on any atom is -0.353 e. The van der Waals surface area contributed by atoms with Crippen LogP contribution in [-0.4, -0.2) is 48.4 Å². The number of nitrogens with one attached hydrogen (secondary N) is 1. The van der Waals surface area contributed by atoms with E-state index in [-0.39, 0.29) is 48.0 Å². The van der Waals surface area contributed by atoms with Gasteiger partial charge >= 0.3 is 6.18 Å². The molecule has 0 unspecified atom stereocenters. The minimum absolute atomic E-state index is 0.0299. The monoisotopic (exact) mass is 528 g/mol. The highest BCUT2D eigenvalue weighted by Crippen LogP contribution is 2.39. The predicted octanol–water partition coefficient (Wildman–Crippen LogP) is 6.29. The van der Waals surface area contributed by atoms with Gasteiger partial charge in [-0.25, -0.2) is 8.78 Å². The zero-order valence-electron chi connectivity index (χ0n) is 21.2. The summed E-state index contributed by atoms with van der Waals surface area (Å²) in [5.41, 5.74) is -0.0299. The molecule has 1 amide bonds. The Bertz CT molecular complexity index is 929. The number of Topliss-reactive ketones (excluding diaryl/α,β-unsaturated/α-hetero) is 1. The Balaban J connectivity index is 1.11. The van der Waals surface area contributed by atoms with Crippen molar-refractivity contribution in [2.75, 3.05) is 19.6 Å². The average molecular weight is 529 g/mol. The zero-order chi connectivity index (χ0) is 26.6. The van der Waals surface area contributed by atoms with Gasteiger partial charge in [0, 0.05) is 23.9 Å². The van der Waals surface area contributed by atoms with Crippen LogP contribution in [0.3, 0.4) is 0 Å². The number of hydrogen-bond acceptors (Lipinski definition) is 3. The first-order valence-electron chi connectivity index (χ1n) is 13.7. The van der Waals surface area contributed by atoms with E-state index < -0.39 is 23.7 Å². The van der Waals surface area contributed by atoms with Gasteiger partial charge in [0.1, 0.15) is 11.6 Å². The number of amides is 1. The Labute approximate surface area is 215 Å². The molecule has 0 aromatic heterocycles. The second-order valence-electron chi connectivity index (χ2n) is 11.2.